The van der Waals surface area contributed by atoms with E-state index in [2.05, 4.69) is 11.8 Å². The van der Waals surface area contributed by atoms with Crippen LogP contribution >= 0.6 is 0 Å². The van der Waals surface area contributed by atoms with Crippen LogP contribution in [0.1, 0.15) is 32.6 Å². The lowest BCUT2D eigenvalue weighted by Crippen LogP contribution is -2.37. The number of rotatable bonds is 6. The molecule has 2 N–H and O–H groups in total. The molecule has 0 saturated carbocycles. The van der Waals surface area contributed by atoms with Gasteiger partial charge in [-0.3, -0.25) is 4.79 Å². The first-order chi connectivity index (χ1) is 8.13. The molecular formula is C13H27N3O. The lowest BCUT2D eigenvalue weighted by Gasteiger charge is -2.30. The predicted octanol–water partition coefficient (Wildman–Crippen LogP) is 0.916. The molecule has 1 saturated heterocycles. The van der Waals surface area contributed by atoms with Crippen molar-refractivity contribution in [2.75, 3.05) is 39.8 Å². The quantitative estimate of drug-likeness (QED) is 0.752. The van der Waals surface area contributed by atoms with E-state index in [-0.39, 0.29) is 5.91 Å². The van der Waals surface area contributed by atoms with E-state index in [0.29, 0.717) is 13.0 Å². The third-order valence-corrected chi connectivity index (χ3v) is 3.64. The molecule has 4 nitrogen and oxygen atoms in total. The van der Waals surface area contributed by atoms with E-state index in [1.54, 1.807) is 4.90 Å². The number of hydrogen-bond acceptors (Lipinski definition) is 3. The first-order valence-corrected chi connectivity index (χ1v) is 6.80. The van der Waals surface area contributed by atoms with Crippen molar-refractivity contribution in [1.29, 1.82) is 0 Å². The standard InChI is InChI=1S/C13H27N3O/c1-12-4-9-16(10-5-12)11-6-13(17)15(2)8-3-7-14/h12H,3-11,14H2,1-2H3. The number of piperidine rings is 1. The molecule has 0 atom stereocenters. The zero-order valence-corrected chi connectivity index (χ0v) is 11.3. The number of carbonyl (C=O) groups excluding carboxylic acids is 1. The van der Waals surface area contributed by atoms with Gasteiger partial charge in [-0.2, -0.15) is 0 Å². The Labute approximate surface area is 105 Å². The van der Waals surface area contributed by atoms with Crippen LogP contribution in [0.25, 0.3) is 0 Å². The van der Waals surface area contributed by atoms with Gasteiger partial charge in [-0.15, -0.1) is 0 Å². The van der Waals surface area contributed by atoms with Gasteiger partial charge in [-0.1, -0.05) is 6.92 Å². The molecule has 0 aromatic carbocycles. The fourth-order valence-electron chi connectivity index (χ4n) is 2.18. The van der Waals surface area contributed by atoms with Crippen molar-refractivity contribution in [2.45, 2.75) is 32.6 Å². The van der Waals surface area contributed by atoms with Crippen molar-refractivity contribution in [3.8, 4) is 0 Å². The summed E-state index contributed by atoms with van der Waals surface area (Å²) in [4.78, 5) is 16.0. The summed E-state index contributed by atoms with van der Waals surface area (Å²) >= 11 is 0. The van der Waals surface area contributed by atoms with Crippen molar-refractivity contribution in [1.82, 2.24) is 9.80 Å². The first kappa shape index (κ1) is 14.5. The van der Waals surface area contributed by atoms with Gasteiger partial charge in [0.1, 0.15) is 0 Å². The topological polar surface area (TPSA) is 49.6 Å². The minimum absolute atomic E-state index is 0.247. The van der Waals surface area contributed by atoms with E-state index in [0.717, 1.165) is 38.5 Å². The summed E-state index contributed by atoms with van der Waals surface area (Å²) in [6, 6.07) is 0. The Morgan fingerprint density at radius 2 is 2.06 bits per heavy atom. The normalized spacial score (nSPS) is 18.3. The van der Waals surface area contributed by atoms with Crippen LogP contribution in [0.4, 0.5) is 0 Å². The van der Waals surface area contributed by atoms with Gasteiger partial charge in [0.25, 0.3) is 0 Å². The highest BCUT2D eigenvalue weighted by atomic mass is 16.2. The molecule has 100 valence electrons. The Kier molecular flexibility index (Phi) is 6.52. The molecule has 1 aliphatic rings. The molecule has 1 aliphatic heterocycles. The van der Waals surface area contributed by atoms with E-state index in [1.165, 1.54) is 12.8 Å². The van der Waals surface area contributed by atoms with E-state index < -0.39 is 0 Å². The van der Waals surface area contributed by atoms with Crippen LogP contribution in [0.3, 0.4) is 0 Å². The molecule has 1 fully saturated rings. The van der Waals surface area contributed by atoms with E-state index >= 15 is 0 Å². The summed E-state index contributed by atoms with van der Waals surface area (Å²) in [5.74, 6) is 1.10. The van der Waals surface area contributed by atoms with Crippen molar-refractivity contribution >= 4 is 5.91 Å². The van der Waals surface area contributed by atoms with Crippen LogP contribution in [0.2, 0.25) is 0 Å². The van der Waals surface area contributed by atoms with Crippen molar-refractivity contribution in [3.63, 3.8) is 0 Å². The highest BCUT2D eigenvalue weighted by molar-refractivity contribution is 5.76. The summed E-state index contributed by atoms with van der Waals surface area (Å²) in [5, 5.41) is 0. The fraction of sp³-hybridized carbons (Fsp3) is 0.923. The molecule has 0 unspecified atom stereocenters. The minimum Gasteiger partial charge on any atom is -0.346 e. The SMILES string of the molecule is CC1CCN(CCC(=O)N(C)CCCN)CC1. The Bertz CT molecular complexity index is 225. The van der Waals surface area contributed by atoms with Crippen molar-refractivity contribution in [2.24, 2.45) is 11.7 Å². The van der Waals surface area contributed by atoms with Gasteiger partial charge in [-0.25, -0.2) is 0 Å². The Morgan fingerprint density at radius 1 is 1.41 bits per heavy atom. The Morgan fingerprint density at radius 3 is 2.65 bits per heavy atom. The lowest BCUT2D eigenvalue weighted by molar-refractivity contribution is -0.130. The fourth-order valence-corrected chi connectivity index (χ4v) is 2.18. The average molecular weight is 241 g/mol. The molecule has 0 aromatic rings. The van der Waals surface area contributed by atoms with E-state index in [9.17, 15) is 4.79 Å². The van der Waals surface area contributed by atoms with Gasteiger partial charge in [0.2, 0.25) is 5.91 Å². The van der Waals surface area contributed by atoms with Gasteiger partial charge in [0, 0.05) is 26.6 Å². The Hall–Kier alpha value is -0.610. The monoisotopic (exact) mass is 241 g/mol. The van der Waals surface area contributed by atoms with Gasteiger partial charge < -0.3 is 15.5 Å². The second-order valence-corrected chi connectivity index (χ2v) is 5.23. The maximum atomic E-state index is 11.8. The molecule has 1 rings (SSSR count). The number of nitrogens with two attached hydrogens (primary N) is 1. The highest BCUT2D eigenvalue weighted by Gasteiger charge is 2.17. The van der Waals surface area contributed by atoms with E-state index in [4.69, 9.17) is 5.73 Å². The summed E-state index contributed by atoms with van der Waals surface area (Å²) in [7, 11) is 1.87. The second-order valence-electron chi connectivity index (χ2n) is 5.23. The zero-order chi connectivity index (χ0) is 12.7. The lowest BCUT2D eigenvalue weighted by atomic mass is 9.99. The third-order valence-electron chi connectivity index (χ3n) is 3.64. The maximum Gasteiger partial charge on any atom is 0.223 e. The third kappa shape index (κ3) is 5.50. The Balaban J connectivity index is 2.14. The molecule has 1 amide bonds. The number of likely N-dealkylation sites (tertiary alicyclic amines) is 1. The number of amides is 1. The van der Waals surface area contributed by atoms with Crippen LogP contribution in [-0.4, -0.2) is 55.5 Å². The number of carbonyl (C=O) groups is 1. The van der Waals surface area contributed by atoms with Gasteiger partial charge in [0.05, 0.1) is 0 Å². The van der Waals surface area contributed by atoms with Crippen LogP contribution in [0.15, 0.2) is 0 Å². The number of nitrogens with zero attached hydrogens (tertiary/aromatic N) is 2. The largest absolute Gasteiger partial charge is 0.346 e. The van der Waals surface area contributed by atoms with Crippen molar-refractivity contribution < 1.29 is 4.79 Å². The highest BCUT2D eigenvalue weighted by Crippen LogP contribution is 2.15. The predicted molar refractivity (Wildman–Crippen MR) is 70.8 cm³/mol. The maximum absolute atomic E-state index is 11.8. The average Bonchev–Trinajstić information content (AvgIpc) is 2.34. The van der Waals surface area contributed by atoms with Crippen LogP contribution in [0.5, 0.6) is 0 Å². The van der Waals surface area contributed by atoms with Gasteiger partial charge >= 0.3 is 0 Å². The first-order valence-electron chi connectivity index (χ1n) is 6.80. The summed E-state index contributed by atoms with van der Waals surface area (Å²) in [6.07, 6.45) is 4.09. The molecule has 0 aliphatic carbocycles. The molecule has 0 spiro atoms. The smallest absolute Gasteiger partial charge is 0.223 e. The minimum atomic E-state index is 0.247. The summed E-state index contributed by atoms with van der Waals surface area (Å²) in [5.41, 5.74) is 5.43. The molecule has 0 radical (unpaired) electrons. The van der Waals surface area contributed by atoms with Crippen molar-refractivity contribution in [3.05, 3.63) is 0 Å². The van der Waals surface area contributed by atoms with Crippen LogP contribution in [-0.2, 0) is 4.79 Å². The molecular weight excluding hydrogens is 214 g/mol. The molecule has 1 heterocycles. The number of hydrogen-bond donors (Lipinski definition) is 1. The zero-order valence-electron chi connectivity index (χ0n) is 11.3. The molecule has 17 heavy (non-hydrogen) atoms. The molecule has 0 bridgehead atoms. The van der Waals surface area contributed by atoms with Gasteiger partial charge in [-0.05, 0) is 44.8 Å². The summed E-state index contributed by atoms with van der Waals surface area (Å²) < 4.78 is 0. The van der Waals surface area contributed by atoms with Crippen LogP contribution < -0.4 is 5.73 Å². The summed E-state index contributed by atoms with van der Waals surface area (Å²) in [6.45, 7) is 6.97. The van der Waals surface area contributed by atoms with Crippen LogP contribution in [0, 0.1) is 5.92 Å². The molecule has 4 heteroatoms. The van der Waals surface area contributed by atoms with E-state index in [1.807, 2.05) is 7.05 Å². The van der Waals surface area contributed by atoms with Gasteiger partial charge in [0.15, 0.2) is 0 Å². The second kappa shape index (κ2) is 7.67. The molecule has 0 aromatic heterocycles.